The normalized spacial score (nSPS) is 12.9. The van der Waals surface area contributed by atoms with E-state index in [0.29, 0.717) is 12.0 Å². The summed E-state index contributed by atoms with van der Waals surface area (Å²) in [4.78, 5) is 0. The summed E-state index contributed by atoms with van der Waals surface area (Å²) in [6, 6.07) is 11.2. The predicted octanol–water partition coefficient (Wildman–Crippen LogP) is 3.76. The minimum atomic E-state index is 0.429. The second-order valence-electron chi connectivity index (χ2n) is 5.55. The maximum absolute atomic E-state index is 3.39. The Balaban J connectivity index is 2.16. The molecule has 102 valence electrons. The van der Waals surface area contributed by atoms with Crippen molar-refractivity contribution < 1.29 is 0 Å². The minimum absolute atomic E-state index is 0.429. The molecule has 0 bridgehead atoms. The maximum atomic E-state index is 3.39. The van der Waals surface area contributed by atoms with E-state index in [1.165, 1.54) is 16.7 Å². The lowest BCUT2D eigenvalue weighted by Crippen LogP contribution is -2.21. The molecule has 1 aromatic heterocycles. The first-order valence-corrected chi connectivity index (χ1v) is 6.99. The van der Waals surface area contributed by atoms with Gasteiger partial charge in [-0.3, -0.25) is 0 Å². The van der Waals surface area contributed by atoms with Crippen LogP contribution >= 0.6 is 0 Å². The van der Waals surface area contributed by atoms with Crippen LogP contribution in [0.4, 0.5) is 0 Å². The number of nitrogens with zero attached hydrogens (tertiary/aromatic N) is 1. The smallest absolute Gasteiger partial charge is 0.0472 e. The summed E-state index contributed by atoms with van der Waals surface area (Å²) >= 11 is 0. The molecule has 0 amide bonds. The highest BCUT2D eigenvalue weighted by molar-refractivity contribution is 5.26. The quantitative estimate of drug-likeness (QED) is 0.862. The van der Waals surface area contributed by atoms with Gasteiger partial charge in [0.15, 0.2) is 0 Å². The molecule has 0 aliphatic rings. The van der Waals surface area contributed by atoms with Crippen molar-refractivity contribution in [2.75, 3.05) is 7.05 Å². The van der Waals surface area contributed by atoms with Gasteiger partial charge in [0.2, 0.25) is 0 Å². The molecule has 0 aliphatic carbocycles. The maximum Gasteiger partial charge on any atom is 0.0472 e. The van der Waals surface area contributed by atoms with E-state index in [-0.39, 0.29) is 0 Å². The van der Waals surface area contributed by atoms with Gasteiger partial charge in [0, 0.05) is 25.0 Å². The van der Waals surface area contributed by atoms with Gasteiger partial charge < -0.3 is 9.88 Å². The zero-order chi connectivity index (χ0) is 13.8. The number of aromatic nitrogens is 1. The predicted molar refractivity (Wildman–Crippen MR) is 81.4 cm³/mol. The molecule has 0 spiro atoms. The van der Waals surface area contributed by atoms with Crippen molar-refractivity contribution in [1.82, 2.24) is 9.88 Å². The zero-order valence-electron chi connectivity index (χ0n) is 12.4. The number of hydrogen-bond donors (Lipinski definition) is 1. The highest BCUT2D eigenvalue weighted by atomic mass is 15.0. The van der Waals surface area contributed by atoms with E-state index in [4.69, 9.17) is 0 Å². The lowest BCUT2D eigenvalue weighted by atomic mass is 9.99. The molecule has 2 aromatic rings. The van der Waals surface area contributed by atoms with Gasteiger partial charge in [-0.15, -0.1) is 0 Å². The number of aryl methyl sites for hydroxylation is 1. The van der Waals surface area contributed by atoms with Crippen molar-refractivity contribution in [3.05, 3.63) is 59.4 Å². The molecule has 0 saturated carbocycles. The Morgan fingerprint density at radius 3 is 2.53 bits per heavy atom. The van der Waals surface area contributed by atoms with E-state index >= 15 is 0 Å². The van der Waals surface area contributed by atoms with Gasteiger partial charge in [0.05, 0.1) is 0 Å². The largest absolute Gasteiger partial charge is 0.350 e. The van der Waals surface area contributed by atoms with Crippen molar-refractivity contribution in [2.24, 2.45) is 5.92 Å². The summed E-state index contributed by atoms with van der Waals surface area (Å²) in [5.41, 5.74) is 4.10. The monoisotopic (exact) mass is 256 g/mol. The molecule has 0 aliphatic heterocycles. The topological polar surface area (TPSA) is 17.0 Å². The molecule has 2 nitrogen and oxygen atoms in total. The highest BCUT2D eigenvalue weighted by Crippen LogP contribution is 2.22. The van der Waals surface area contributed by atoms with Crippen molar-refractivity contribution in [1.29, 1.82) is 0 Å². The van der Waals surface area contributed by atoms with Gasteiger partial charge >= 0.3 is 0 Å². The van der Waals surface area contributed by atoms with E-state index in [9.17, 15) is 0 Å². The number of hydrogen-bond acceptors (Lipinski definition) is 1. The van der Waals surface area contributed by atoms with Crippen LogP contribution < -0.4 is 5.32 Å². The van der Waals surface area contributed by atoms with E-state index in [1.807, 2.05) is 7.05 Å². The van der Waals surface area contributed by atoms with E-state index in [1.54, 1.807) is 0 Å². The highest BCUT2D eigenvalue weighted by Gasteiger charge is 2.14. The summed E-state index contributed by atoms with van der Waals surface area (Å²) < 4.78 is 2.27. The fourth-order valence-electron chi connectivity index (χ4n) is 2.61. The number of nitrogens with one attached hydrogen (secondary N) is 1. The average molecular weight is 256 g/mol. The Bertz CT molecular complexity index is 526. The van der Waals surface area contributed by atoms with E-state index < -0.39 is 0 Å². The first kappa shape index (κ1) is 13.9. The minimum Gasteiger partial charge on any atom is -0.350 e. The fourth-order valence-corrected chi connectivity index (χ4v) is 2.61. The Morgan fingerprint density at radius 1 is 1.16 bits per heavy atom. The Labute approximate surface area is 116 Å². The third-order valence-corrected chi connectivity index (χ3v) is 3.72. The molecule has 1 heterocycles. The van der Waals surface area contributed by atoms with Crippen LogP contribution in [-0.2, 0) is 6.54 Å². The molecule has 2 rings (SSSR count). The third kappa shape index (κ3) is 3.27. The molecular weight excluding hydrogens is 232 g/mol. The second-order valence-corrected chi connectivity index (χ2v) is 5.55. The molecule has 0 fully saturated rings. The van der Waals surface area contributed by atoms with Crippen LogP contribution in [0.15, 0.2) is 42.7 Å². The fraction of sp³-hybridized carbons (Fsp3) is 0.412. The summed E-state index contributed by atoms with van der Waals surface area (Å²) in [5.74, 6) is 0.597. The molecular formula is C17H24N2. The molecule has 0 radical (unpaired) electrons. The van der Waals surface area contributed by atoms with Gasteiger partial charge in [-0.05, 0) is 42.6 Å². The lowest BCUT2D eigenvalue weighted by Gasteiger charge is -2.18. The van der Waals surface area contributed by atoms with Gasteiger partial charge in [-0.2, -0.15) is 0 Å². The van der Waals surface area contributed by atoms with Crippen molar-refractivity contribution in [2.45, 2.75) is 33.4 Å². The number of rotatable bonds is 5. The van der Waals surface area contributed by atoms with Crippen LogP contribution in [0.1, 0.15) is 36.6 Å². The average Bonchev–Trinajstić information content (AvgIpc) is 2.81. The van der Waals surface area contributed by atoms with Crippen LogP contribution in [0.5, 0.6) is 0 Å². The zero-order valence-corrected chi connectivity index (χ0v) is 12.4. The van der Waals surface area contributed by atoms with E-state index in [2.05, 4.69) is 73.4 Å². The Kier molecular flexibility index (Phi) is 4.43. The lowest BCUT2D eigenvalue weighted by molar-refractivity contribution is 0.443. The summed E-state index contributed by atoms with van der Waals surface area (Å²) in [6.45, 7) is 7.62. The summed E-state index contributed by atoms with van der Waals surface area (Å²) in [5, 5.41) is 3.39. The van der Waals surface area contributed by atoms with Crippen LogP contribution in [0, 0.1) is 12.8 Å². The van der Waals surface area contributed by atoms with Crippen LogP contribution in [0.3, 0.4) is 0 Å². The van der Waals surface area contributed by atoms with Gasteiger partial charge in [-0.1, -0.05) is 38.1 Å². The molecule has 1 aromatic carbocycles. The molecule has 1 atom stereocenters. The van der Waals surface area contributed by atoms with Crippen LogP contribution in [-0.4, -0.2) is 11.6 Å². The Hall–Kier alpha value is -1.54. The second kappa shape index (κ2) is 6.07. The standard InChI is InChI=1S/C17H24N2/c1-13(2)17(18-4)16-9-10-19(12-16)11-15-8-6-5-7-14(15)3/h5-10,12-13,17-18H,11H2,1-4H3. The van der Waals surface area contributed by atoms with Gasteiger partial charge in [-0.25, -0.2) is 0 Å². The molecule has 2 heteroatoms. The van der Waals surface area contributed by atoms with Crippen molar-refractivity contribution in [3.8, 4) is 0 Å². The number of benzene rings is 1. The molecule has 19 heavy (non-hydrogen) atoms. The van der Waals surface area contributed by atoms with E-state index in [0.717, 1.165) is 6.54 Å². The molecule has 1 N–H and O–H groups in total. The van der Waals surface area contributed by atoms with Crippen molar-refractivity contribution >= 4 is 0 Å². The van der Waals surface area contributed by atoms with Crippen molar-refractivity contribution in [3.63, 3.8) is 0 Å². The third-order valence-electron chi connectivity index (χ3n) is 3.72. The van der Waals surface area contributed by atoms with Crippen LogP contribution in [0.25, 0.3) is 0 Å². The SMILES string of the molecule is CNC(c1ccn(Cc2ccccc2C)c1)C(C)C. The molecule has 1 unspecified atom stereocenters. The summed E-state index contributed by atoms with van der Waals surface area (Å²) in [6.07, 6.45) is 4.43. The summed E-state index contributed by atoms with van der Waals surface area (Å²) in [7, 11) is 2.03. The molecule has 0 saturated heterocycles. The van der Waals surface area contributed by atoms with Gasteiger partial charge in [0.1, 0.15) is 0 Å². The Morgan fingerprint density at radius 2 is 1.89 bits per heavy atom. The first-order chi connectivity index (χ1) is 9.11. The van der Waals surface area contributed by atoms with Crippen LogP contribution in [0.2, 0.25) is 0 Å². The first-order valence-electron chi connectivity index (χ1n) is 6.99. The van der Waals surface area contributed by atoms with Gasteiger partial charge in [0.25, 0.3) is 0 Å².